The van der Waals surface area contributed by atoms with Crippen molar-refractivity contribution in [1.82, 2.24) is 0 Å². The van der Waals surface area contributed by atoms with Crippen molar-refractivity contribution in [3.8, 4) is 0 Å². The van der Waals surface area contributed by atoms with Gasteiger partial charge >= 0.3 is 0 Å². The molecule has 0 aromatic rings. The summed E-state index contributed by atoms with van der Waals surface area (Å²) in [4.78, 5) is 11.3. The predicted octanol–water partition coefficient (Wildman–Crippen LogP) is 3.01. The van der Waals surface area contributed by atoms with E-state index in [1.807, 2.05) is 0 Å². The van der Waals surface area contributed by atoms with Crippen molar-refractivity contribution in [2.45, 2.75) is 39.5 Å². The zero-order valence-corrected chi connectivity index (χ0v) is 8.16. The van der Waals surface area contributed by atoms with Gasteiger partial charge in [0.25, 0.3) is 0 Å². The number of carbonyl (C=O) groups is 1. The molecule has 0 spiro atoms. The normalized spacial score (nSPS) is 10.5. The lowest BCUT2D eigenvalue weighted by molar-refractivity contribution is -0.123. The molecule has 0 heterocycles. The standard InChI is InChI=1S/C9H17ClO/c1-3-8(4-2)9(11)6-5-7-10/h8H,3-7H2,1-2H3. The Morgan fingerprint density at radius 3 is 2.27 bits per heavy atom. The Bertz CT molecular complexity index is 108. The summed E-state index contributed by atoms with van der Waals surface area (Å²) in [5.41, 5.74) is 0. The average molecular weight is 177 g/mol. The molecule has 0 N–H and O–H groups in total. The number of carbonyl (C=O) groups excluding carboxylic acids is 1. The third-order valence-electron chi connectivity index (χ3n) is 2.00. The Morgan fingerprint density at radius 2 is 1.91 bits per heavy atom. The lowest BCUT2D eigenvalue weighted by Crippen LogP contribution is -2.12. The van der Waals surface area contributed by atoms with Gasteiger partial charge in [0.2, 0.25) is 0 Å². The quantitative estimate of drug-likeness (QED) is 0.569. The summed E-state index contributed by atoms with van der Waals surface area (Å²) in [5.74, 6) is 1.26. The summed E-state index contributed by atoms with van der Waals surface area (Å²) < 4.78 is 0. The van der Waals surface area contributed by atoms with Crippen molar-refractivity contribution in [2.75, 3.05) is 5.88 Å². The molecule has 66 valence electrons. The van der Waals surface area contributed by atoms with Gasteiger partial charge in [0.1, 0.15) is 5.78 Å². The van der Waals surface area contributed by atoms with Crippen LogP contribution >= 0.6 is 11.6 Å². The number of rotatable bonds is 6. The van der Waals surface area contributed by atoms with Crippen molar-refractivity contribution < 1.29 is 4.79 Å². The molecule has 0 saturated carbocycles. The highest BCUT2D eigenvalue weighted by molar-refractivity contribution is 6.17. The van der Waals surface area contributed by atoms with E-state index >= 15 is 0 Å². The summed E-state index contributed by atoms with van der Waals surface area (Å²) in [6, 6.07) is 0. The topological polar surface area (TPSA) is 17.1 Å². The largest absolute Gasteiger partial charge is 0.299 e. The molecule has 0 aliphatic heterocycles. The third kappa shape index (κ3) is 4.41. The second-order valence-electron chi connectivity index (χ2n) is 2.77. The van der Waals surface area contributed by atoms with Gasteiger partial charge in [-0.15, -0.1) is 11.6 Å². The lowest BCUT2D eigenvalue weighted by Gasteiger charge is -2.09. The van der Waals surface area contributed by atoms with E-state index in [1.165, 1.54) is 0 Å². The summed E-state index contributed by atoms with van der Waals surface area (Å²) in [7, 11) is 0. The fourth-order valence-corrected chi connectivity index (χ4v) is 1.32. The van der Waals surface area contributed by atoms with Gasteiger partial charge in [-0.3, -0.25) is 4.79 Å². The monoisotopic (exact) mass is 176 g/mol. The van der Waals surface area contributed by atoms with Crippen LogP contribution in [0.15, 0.2) is 0 Å². The van der Waals surface area contributed by atoms with Crippen molar-refractivity contribution >= 4 is 17.4 Å². The van der Waals surface area contributed by atoms with Crippen LogP contribution in [-0.4, -0.2) is 11.7 Å². The van der Waals surface area contributed by atoms with Crippen LogP contribution in [0.2, 0.25) is 0 Å². The molecule has 1 nitrogen and oxygen atoms in total. The van der Waals surface area contributed by atoms with Crippen molar-refractivity contribution in [1.29, 1.82) is 0 Å². The lowest BCUT2D eigenvalue weighted by atomic mass is 9.95. The highest BCUT2D eigenvalue weighted by Crippen LogP contribution is 2.12. The van der Waals surface area contributed by atoms with Gasteiger partial charge in [0.15, 0.2) is 0 Å². The molecule has 0 aliphatic rings. The number of hydrogen-bond donors (Lipinski definition) is 0. The van der Waals surface area contributed by atoms with Gasteiger partial charge < -0.3 is 0 Å². The van der Waals surface area contributed by atoms with E-state index in [1.54, 1.807) is 0 Å². The number of Topliss-reactive ketones (excluding diaryl/α,β-unsaturated/α-hetero) is 1. The van der Waals surface area contributed by atoms with Crippen LogP contribution in [0.25, 0.3) is 0 Å². The molecule has 2 heteroatoms. The van der Waals surface area contributed by atoms with E-state index in [0.717, 1.165) is 19.3 Å². The highest BCUT2D eigenvalue weighted by atomic mass is 35.5. The maximum atomic E-state index is 11.3. The zero-order chi connectivity index (χ0) is 8.69. The first-order valence-electron chi connectivity index (χ1n) is 4.34. The van der Waals surface area contributed by atoms with Crippen molar-refractivity contribution in [3.63, 3.8) is 0 Å². The van der Waals surface area contributed by atoms with Gasteiger partial charge in [0, 0.05) is 18.2 Å². The Kier molecular flexibility index (Phi) is 6.63. The molecule has 0 aromatic heterocycles. The molecule has 0 bridgehead atoms. The number of ketones is 1. The Balaban J connectivity index is 3.61. The molecule has 0 rings (SSSR count). The van der Waals surface area contributed by atoms with E-state index in [9.17, 15) is 4.79 Å². The molecule has 0 fully saturated rings. The maximum Gasteiger partial charge on any atom is 0.135 e. The predicted molar refractivity (Wildman–Crippen MR) is 49.0 cm³/mol. The Hall–Kier alpha value is -0.0400. The minimum atomic E-state index is 0.276. The minimum Gasteiger partial charge on any atom is -0.299 e. The average Bonchev–Trinajstić information content (AvgIpc) is 2.03. The summed E-state index contributed by atoms with van der Waals surface area (Å²) in [6.07, 6.45) is 3.43. The van der Waals surface area contributed by atoms with Crippen LogP contribution in [0, 0.1) is 5.92 Å². The molecular weight excluding hydrogens is 160 g/mol. The second kappa shape index (κ2) is 6.66. The van der Waals surface area contributed by atoms with E-state index in [0.29, 0.717) is 18.1 Å². The molecule has 0 saturated heterocycles. The molecule has 0 unspecified atom stereocenters. The van der Waals surface area contributed by atoms with Gasteiger partial charge in [0.05, 0.1) is 0 Å². The zero-order valence-electron chi connectivity index (χ0n) is 7.40. The van der Waals surface area contributed by atoms with Crippen LogP contribution in [0.1, 0.15) is 39.5 Å². The smallest absolute Gasteiger partial charge is 0.135 e. The fraction of sp³-hybridized carbons (Fsp3) is 0.889. The Morgan fingerprint density at radius 1 is 1.36 bits per heavy atom. The molecule has 0 atom stereocenters. The molecule has 0 aliphatic carbocycles. The van der Waals surface area contributed by atoms with E-state index in [2.05, 4.69) is 13.8 Å². The van der Waals surface area contributed by atoms with Gasteiger partial charge in [-0.2, -0.15) is 0 Å². The van der Waals surface area contributed by atoms with Crippen molar-refractivity contribution in [3.05, 3.63) is 0 Å². The number of hydrogen-bond acceptors (Lipinski definition) is 1. The minimum absolute atomic E-state index is 0.276. The summed E-state index contributed by atoms with van der Waals surface area (Å²) in [5, 5.41) is 0. The molecule has 0 amide bonds. The van der Waals surface area contributed by atoms with E-state index in [4.69, 9.17) is 11.6 Å². The van der Waals surface area contributed by atoms with Gasteiger partial charge in [-0.25, -0.2) is 0 Å². The fourth-order valence-electron chi connectivity index (χ4n) is 1.19. The number of alkyl halides is 1. The highest BCUT2D eigenvalue weighted by Gasteiger charge is 2.12. The Labute approximate surface area is 74.1 Å². The first kappa shape index (κ1) is 11.0. The van der Waals surface area contributed by atoms with Crippen LogP contribution < -0.4 is 0 Å². The van der Waals surface area contributed by atoms with Crippen molar-refractivity contribution in [2.24, 2.45) is 5.92 Å². The second-order valence-corrected chi connectivity index (χ2v) is 3.15. The molecule has 0 aromatic carbocycles. The van der Waals surface area contributed by atoms with Crippen LogP contribution in [-0.2, 0) is 4.79 Å². The van der Waals surface area contributed by atoms with Crippen LogP contribution in [0.3, 0.4) is 0 Å². The molecule has 0 radical (unpaired) electrons. The molecule has 11 heavy (non-hydrogen) atoms. The van der Waals surface area contributed by atoms with E-state index in [-0.39, 0.29) is 5.92 Å². The summed E-state index contributed by atoms with van der Waals surface area (Å²) >= 11 is 5.48. The molecular formula is C9H17ClO. The van der Waals surface area contributed by atoms with E-state index < -0.39 is 0 Å². The first-order valence-corrected chi connectivity index (χ1v) is 4.88. The SMILES string of the molecule is CCC(CC)C(=O)CCCCl. The summed E-state index contributed by atoms with van der Waals surface area (Å²) in [6.45, 7) is 4.12. The van der Waals surface area contributed by atoms with Gasteiger partial charge in [-0.05, 0) is 19.3 Å². The van der Waals surface area contributed by atoms with Gasteiger partial charge in [-0.1, -0.05) is 13.8 Å². The number of halogens is 1. The third-order valence-corrected chi connectivity index (χ3v) is 2.27. The van der Waals surface area contributed by atoms with Crippen LogP contribution in [0.4, 0.5) is 0 Å². The maximum absolute atomic E-state index is 11.3. The van der Waals surface area contributed by atoms with Crippen LogP contribution in [0.5, 0.6) is 0 Å². The first-order chi connectivity index (χ1) is 5.26.